The zero-order chi connectivity index (χ0) is 25.2. The third kappa shape index (κ3) is 4.09. The Balaban J connectivity index is 1.59. The van der Waals surface area contributed by atoms with E-state index < -0.39 is 23.5 Å². The summed E-state index contributed by atoms with van der Waals surface area (Å²) in [6, 6.07) is 22.7. The summed E-state index contributed by atoms with van der Waals surface area (Å²) in [5.74, 6) is -0.585. The van der Waals surface area contributed by atoms with Crippen molar-refractivity contribution in [2.24, 2.45) is 0 Å². The average Bonchev–Trinajstić information content (AvgIpc) is 3.45. The zero-order valence-corrected chi connectivity index (χ0v) is 19.9. The number of amides is 1. The lowest BCUT2D eigenvalue weighted by molar-refractivity contribution is -0.130. The number of Topliss-reactive ketones (excluding diaryl/α,β-unsaturated/α-hetero) is 1. The number of methoxy groups -OCH3 is 1. The highest BCUT2D eigenvalue weighted by Gasteiger charge is 2.44. The Morgan fingerprint density at radius 2 is 1.78 bits per heavy atom. The predicted molar refractivity (Wildman–Crippen MR) is 134 cm³/mol. The highest BCUT2D eigenvalue weighted by molar-refractivity contribution is 6.16. The molecule has 7 heteroatoms. The van der Waals surface area contributed by atoms with Crippen LogP contribution in [0.4, 0.5) is 0 Å². The lowest BCUT2D eigenvalue weighted by atomic mass is 9.94. The fraction of sp³-hybridized carbons (Fsp3) is 0.172. The van der Waals surface area contributed by atoms with Crippen LogP contribution in [-0.4, -0.2) is 35.4 Å². The molecule has 0 saturated heterocycles. The van der Waals surface area contributed by atoms with E-state index in [1.165, 1.54) is 12.0 Å². The molecule has 5 rings (SSSR count). The second kappa shape index (κ2) is 9.62. The Morgan fingerprint density at radius 3 is 2.47 bits per heavy atom. The van der Waals surface area contributed by atoms with E-state index in [1.54, 1.807) is 48.5 Å². The standard InChI is InChI=1S/C29H25NO6/c1-3-35-21-14-12-19(13-15-21)25-24(27(32)29(33)30(25)17-18-8-5-4-6-9-18)26(31)23-16-20-10-7-11-22(34-2)28(20)36-23/h4-16,25,32H,3,17H2,1-2H3. The summed E-state index contributed by atoms with van der Waals surface area (Å²) in [5, 5.41) is 11.6. The molecule has 2 heterocycles. The van der Waals surface area contributed by atoms with E-state index in [1.807, 2.05) is 37.3 Å². The molecule has 1 aliphatic rings. The zero-order valence-electron chi connectivity index (χ0n) is 19.9. The number of aliphatic hydroxyl groups is 1. The van der Waals surface area contributed by atoms with Crippen molar-refractivity contribution in [1.82, 2.24) is 4.90 Å². The third-order valence-electron chi connectivity index (χ3n) is 6.20. The fourth-order valence-electron chi connectivity index (χ4n) is 4.53. The number of fused-ring (bicyclic) bond motifs is 1. The minimum Gasteiger partial charge on any atom is -0.503 e. The second-order valence-electron chi connectivity index (χ2n) is 8.40. The average molecular weight is 484 g/mol. The van der Waals surface area contributed by atoms with E-state index in [0.29, 0.717) is 34.6 Å². The van der Waals surface area contributed by atoms with Crippen LogP contribution in [0.2, 0.25) is 0 Å². The number of benzene rings is 3. The van der Waals surface area contributed by atoms with Gasteiger partial charge in [-0.1, -0.05) is 54.6 Å². The molecule has 1 aromatic heterocycles. The van der Waals surface area contributed by atoms with Gasteiger partial charge in [0.1, 0.15) is 5.75 Å². The summed E-state index contributed by atoms with van der Waals surface area (Å²) < 4.78 is 16.8. The van der Waals surface area contributed by atoms with E-state index in [0.717, 1.165) is 5.56 Å². The van der Waals surface area contributed by atoms with Gasteiger partial charge in [0, 0.05) is 11.9 Å². The SMILES string of the molecule is CCOc1ccc(C2C(C(=O)c3cc4cccc(OC)c4o3)=C(O)C(=O)N2Cc2ccccc2)cc1. The first-order chi connectivity index (χ1) is 17.5. The van der Waals surface area contributed by atoms with E-state index in [9.17, 15) is 14.7 Å². The van der Waals surface area contributed by atoms with Crippen LogP contribution >= 0.6 is 0 Å². The molecular weight excluding hydrogens is 458 g/mol. The maximum absolute atomic E-state index is 13.8. The number of carbonyl (C=O) groups is 2. The topological polar surface area (TPSA) is 89.2 Å². The van der Waals surface area contributed by atoms with Crippen molar-refractivity contribution in [3.05, 3.63) is 107 Å². The van der Waals surface area contributed by atoms with Crippen LogP contribution in [0.3, 0.4) is 0 Å². The molecule has 0 spiro atoms. The number of rotatable bonds is 8. The molecule has 0 saturated carbocycles. The van der Waals surface area contributed by atoms with Crippen LogP contribution in [0.15, 0.2) is 94.6 Å². The molecule has 1 amide bonds. The van der Waals surface area contributed by atoms with Gasteiger partial charge in [-0.25, -0.2) is 0 Å². The summed E-state index contributed by atoms with van der Waals surface area (Å²) in [6.07, 6.45) is 0. The molecule has 4 aromatic rings. The molecule has 182 valence electrons. The molecule has 36 heavy (non-hydrogen) atoms. The van der Waals surface area contributed by atoms with Gasteiger partial charge in [-0.3, -0.25) is 9.59 Å². The molecular formula is C29H25NO6. The van der Waals surface area contributed by atoms with Gasteiger partial charge in [0.05, 0.1) is 25.3 Å². The third-order valence-corrected chi connectivity index (χ3v) is 6.20. The summed E-state index contributed by atoms with van der Waals surface area (Å²) in [5.41, 5.74) is 1.94. The number of nitrogens with zero attached hydrogens (tertiary/aromatic N) is 1. The number of para-hydroxylation sites is 1. The van der Waals surface area contributed by atoms with Crippen LogP contribution in [0.25, 0.3) is 11.0 Å². The maximum atomic E-state index is 13.8. The van der Waals surface area contributed by atoms with Gasteiger partial charge < -0.3 is 23.9 Å². The Kier molecular flexibility index (Phi) is 6.21. The number of hydrogen-bond acceptors (Lipinski definition) is 6. The number of aliphatic hydroxyl groups excluding tert-OH is 1. The Morgan fingerprint density at radius 1 is 1.03 bits per heavy atom. The molecule has 3 aromatic carbocycles. The highest BCUT2D eigenvalue weighted by Crippen LogP contribution is 2.41. The van der Waals surface area contributed by atoms with Crippen LogP contribution in [-0.2, 0) is 11.3 Å². The van der Waals surface area contributed by atoms with Gasteiger partial charge in [0.15, 0.2) is 22.9 Å². The van der Waals surface area contributed by atoms with Crippen molar-refractivity contribution < 1.29 is 28.6 Å². The molecule has 0 fully saturated rings. The fourth-order valence-corrected chi connectivity index (χ4v) is 4.53. The van der Waals surface area contributed by atoms with E-state index in [-0.39, 0.29) is 17.9 Å². The summed E-state index contributed by atoms with van der Waals surface area (Å²) in [7, 11) is 1.52. The smallest absolute Gasteiger partial charge is 0.290 e. The van der Waals surface area contributed by atoms with Crippen LogP contribution < -0.4 is 9.47 Å². The van der Waals surface area contributed by atoms with Crippen molar-refractivity contribution in [1.29, 1.82) is 0 Å². The van der Waals surface area contributed by atoms with E-state index in [4.69, 9.17) is 13.9 Å². The molecule has 1 N–H and O–H groups in total. The van der Waals surface area contributed by atoms with Gasteiger partial charge in [0.2, 0.25) is 5.78 Å². The van der Waals surface area contributed by atoms with Crippen molar-refractivity contribution in [2.45, 2.75) is 19.5 Å². The minimum absolute atomic E-state index is 0.0151. The van der Waals surface area contributed by atoms with Gasteiger partial charge in [-0.2, -0.15) is 0 Å². The first-order valence-corrected chi connectivity index (χ1v) is 11.6. The number of furan rings is 1. The quantitative estimate of drug-likeness (QED) is 0.327. The first kappa shape index (κ1) is 23.2. The molecule has 0 radical (unpaired) electrons. The molecule has 0 bridgehead atoms. The second-order valence-corrected chi connectivity index (χ2v) is 8.40. The van der Waals surface area contributed by atoms with Gasteiger partial charge in [0.25, 0.3) is 5.91 Å². The lowest BCUT2D eigenvalue weighted by Crippen LogP contribution is -2.30. The Bertz CT molecular complexity index is 1450. The van der Waals surface area contributed by atoms with E-state index in [2.05, 4.69) is 0 Å². The largest absolute Gasteiger partial charge is 0.503 e. The van der Waals surface area contributed by atoms with Crippen molar-refractivity contribution >= 4 is 22.7 Å². The molecule has 1 atom stereocenters. The molecule has 7 nitrogen and oxygen atoms in total. The number of carbonyl (C=O) groups excluding carboxylic acids is 2. The summed E-state index contributed by atoms with van der Waals surface area (Å²) in [4.78, 5) is 28.5. The van der Waals surface area contributed by atoms with Crippen molar-refractivity contribution in [2.75, 3.05) is 13.7 Å². The first-order valence-electron chi connectivity index (χ1n) is 11.6. The normalized spacial score (nSPS) is 15.6. The number of hydrogen-bond donors (Lipinski definition) is 1. The van der Waals surface area contributed by atoms with Gasteiger partial charge in [-0.05, 0) is 42.3 Å². The summed E-state index contributed by atoms with van der Waals surface area (Å²) in [6.45, 7) is 2.62. The highest BCUT2D eigenvalue weighted by atomic mass is 16.5. The Labute approximate surface area is 208 Å². The van der Waals surface area contributed by atoms with Crippen LogP contribution in [0.5, 0.6) is 11.5 Å². The number of ether oxygens (including phenoxy) is 2. The minimum atomic E-state index is -0.809. The maximum Gasteiger partial charge on any atom is 0.290 e. The predicted octanol–water partition coefficient (Wildman–Crippen LogP) is 5.62. The molecule has 1 unspecified atom stereocenters. The molecule has 0 aliphatic carbocycles. The van der Waals surface area contributed by atoms with E-state index >= 15 is 0 Å². The monoisotopic (exact) mass is 483 g/mol. The van der Waals surface area contributed by atoms with Crippen LogP contribution in [0, 0.1) is 0 Å². The summed E-state index contributed by atoms with van der Waals surface area (Å²) >= 11 is 0. The lowest BCUT2D eigenvalue weighted by Gasteiger charge is -2.27. The Hall–Kier alpha value is -4.52. The van der Waals surface area contributed by atoms with Crippen molar-refractivity contribution in [3.8, 4) is 11.5 Å². The number of ketones is 1. The van der Waals surface area contributed by atoms with Crippen LogP contribution in [0.1, 0.15) is 34.6 Å². The molecule has 1 aliphatic heterocycles. The van der Waals surface area contributed by atoms with Crippen molar-refractivity contribution in [3.63, 3.8) is 0 Å². The van der Waals surface area contributed by atoms with Gasteiger partial charge >= 0.3 is 0 Å². The van der Waals surface area contributed by atoms with Gasteiger partial charge in [-0.15, -0.1) is 0 Å².